The smallest absolute Gasteiger partial charge is 0.253 e. The lowest BCUT2D eigenvalue weighted by Gasteiger charge is -2.32. The van der Waals surface area contributed by atoms with Gasteiger partial charge in [-0.05, 0) is 48.9 Å². The quantitative estimate of drug-likeness (QED) is 0.503. The number of nitrogens with zero attached hydrogens (tertiary/aromatic N) is 2. The molecule has 0 atom stereocenters. The second-order valence-corrected chi connectivity index (χ2v) is 9.30. The Bertz CT molecular complexity index is 913. The number of piperidine rings is 1. The molecule has 28 heavy (non-hydrogen) atoms. The van der Waals surface area contributed by atoms with Crippen LogP contribution in [0.5, 0.6) is 0 Å². The Hall–Kier alpha value is -2.11. The summed E-state index contributed by atoms with van der Waals surface area (Å²) in [4.78, 5) is 19.3. The fraction of sp³-hybridized carbons (Fsp3) is 0.304. The number of thiazole rings is 1. The molecule has 0 unspecified atom stereocenters. The van der Waals surface area contributed by atoms with Gasteiger partial charge in [-0.3, -0.25) is 4.79 Å². The van der Waals surface area contributed by atoms with Gasteiger partial charge in [0.1, 0.15) is 4.34 Å². The van der Waals surface area contributed by atoms with E-state index in [1.54, 1.807) is 23.1 Å². The third-order valence-electron chi connectivity index (χ3n) is 5.21. The molecule has 0 radical (unpaired) electrons. The molecule has 1 fully saturated rings. The van der Waals surface area contributed by atoms with Gasteiger partial charge in [-0.25, -0.2) is 4.98 Å². The lowest BCUT2D eigenvalue weighted by atomic mass is 9.89. The van der Waals surface area contributed by atoms with E-state index in [-0.39, 0.29) is 5.91 Å². The maximum Gasteiger partial charge on any atom is 0.253 e. The molecule has 1 saturated heterocycles. The summed E-state index contributed by atoms with van der Waals surface area (Å²) in [5.74, 6) is 1.60. The predicted octanol–water partition coefficient (Wildman–Crippen LogP) is 5.76. The molecule has 0 spiro atoms. The maximum atomic E-state index is 12.8. The van der Waals surface area contributed by atoms with E-state index < -0.39 is 0 Å². The van der Waals surface area contributed by atoms with Gasteiger partial charge in [0.05, 0.1) is 0 Å². The van der Waals surface area contributed by atoms with E-state index in [1.807, 2.05) is 24.0 Å². The third kappa shape index (κ3) is 4.65. The number of aryl methyl sites for hydroxylation is 1. The average molecular weight is 409 g/mol. The Morgan fingerprint density at radius 2 is 1.82 bits per heavy atom. The van der Waals surface area contributed by atoms with Crippen molar-refractivity contribution in [1.29, 1.82) is 0 Å². The van der Waals surface area contributed by atoms with E-state index in [1.165, 1.54) is 11.1 Å². The highest BCUT2D eigenvalue weighted by Gasteiger charge is 2.24. The van der Waals surface area contributed by atoms with Gasteiger partial charge >= 0.3 is 0 Å². The topological polar surface area (TPSA) is 33.2 Å². The number of rotatable bonds is 5. The summed E-state index contributed by atoms with van der Waals surface area (Å²) in [6.07, 6.45) is 2.08. The van der Waals surface area contributed by atoms with Gasteiger partial charge in [0.2, 0.25) is 0 Å². The number of hydrogen-bond donors (Lipinski definition) is 0. The van der Waals surface area contributed by atoms with Crippen LogP contribution in [0.25, 0.3) is 0 Å². The monoisotopic (exact) mass is 408 g/mol. The molecule has 144 valence electrons. The van der Waals surface area contributed by atoms with Crippen LogP contribution in [0.2, 0.25) is 0 Å². The fourth-order valence-electron chi connectivity index (χ4n) is 3.61. The van der Waals surface area contributed by atoms with Gasteiger partial charge in [-0.2, -0.15) is 0 Å². The standard InChI is InChI=1S/C23H24N2OS2/c1-17-15-27-23(24-17)28-16-18-7-9-21(10-8-18)22(26)25-13-11-20(12-14-25)19-5-3-2-4-6-19/h2-10,15,20H,11-14,16H2,1H3. The van der Waals surface area contributed by atoms with Crippen molar-refractivity contribution < 1.29 is 4.79 Å². The van der Waals surface area contributed by atoms with Gasteiger partial charge in [0.25, 0.3) is 5.91 Å². The van der Waals surface area contributed by atoms with Gasteiger partial charge in [0, 0.05) is 35.5 Å². The first-order valence-corrected chi connectivity index (χ1v) is 11.5. The fourth-order valence-corrected chi connectivity index (χ4v) is 5.42. The second kappa shape index (κ2) is 8.93. The van der Waals surface area contributed by atoms with Crippen LogP contribution in [0, 0.1) is 6.92 Å². The highest BCUT2D eigenvalue weighted by Crippen LogP contribution is 2.29. The summed E-state index contributed by atoms with van der Waals surface area (Å²) in [7, 11) is 0. The van der Waals surface area contributed by atoms with Gasteiger partial charge in [-0.1, -0.05) is 54.2 Å². The molecule has 0 bridgehead atoms. The Balaban J connectivity index is 1.31. The Labute approximate surface area is 174 Å². The van der Waals surface area contributed by atoms with Crippen molar-refractivity contribution in [2.45, 2.75) is 35.8 Å². The Morgan fingerprint density at radius 3 is 2.46 bits per heavy atom. The van der Waals surface area contributed by atoms with E-state index in [4.69, 9.17) is 0 Å². The van der Waals surface area contributed by atoms with Crippen LogP contribution in [-0.4, -0.2) is 28.9 Å². The number of likely N-dealkylation sites (tertiary alicyclic amines) is 1. The number of thioether (sulfide) groups is 1. The number of carbonyl (C=O) groups is 1. The summed E-state index contributed by atoms with van der Waals surface area (Å²) >= 11 is 3.43. The highest BCUT2D eigenvalue weighted by molar-refractivity contribution is 8.00. The zero-order chi connectivity index (χ0) is 19.3. The number of aromatic nitrogens is 1. The van der Waals surface area contributed by atoms with E-state index in [9.17, 15) is 4.79 Å². The van der Waals surface area contributed by atoms with Gasteiger partial charge in [-0.15, -0.1) is 11.3 Å². The first-order valence-electron chi connectivity index (χ1n) is 9.67. The van der Waals surface area contributed by atoms with E-state index in [0.717, 1.165) is 47.3 Å². The number of benzene rings is 2. The van der Waals surface area contributed by atoms with Gasteiger partial charge in [0.15, 0.2) is 0 Å². The molecule has 0 aliphatic carbocycles. The van der Waals surface area contributed by atoms with Crippen molar-refractivity contribution in [2.75, 3.05) is 13.1 Å². The van der Waals surface area contributed by atoms with Crippen LogP contribution in [0.4, 0.5) is 0 Å². The molecule has 1 aromatic heterocycles. The normalized spacial score (nSPS) is 15.0. The molecule has 3 nitrogen and oxygen atoms in total. The summed E-state index contributed by atoms with van der Waals surface area (Å²) < 4.78 is 1.10. The predicted molar refractivity (Wildman–Crippen MR) is 117 cm³/mol. The van der Waals surface area contributed by atoms with E-state index >= 15 is 0 Å². The van der Waals surface area contributed by atoms with Crippen molar-refractivity contribution >= 4 is 29.0 Å². The van der Waals surface area contributed by atoms with Crippen molar-refractivity contribution in [2.24, 2.45) is 0 Å². The number of hydrogen-bond acceptors (Lipinski definition) is 4. The lowest BCUT2D eigenvalue weighted by Crippen LogP contribution is -2.37. The molecule has 1 aliphatic heterocycles. The van der Waals surface area contributed by atoms with Crippen LogP contribution in [0.15, 0.2) is 64.3 Å². The second-order valence-electron chi connectivity index (χ2n) is 7.22. The van der Waals surface area contributed by atoms with E-state index in [0.29, 0.717) is 5.92 Å². The van der Waals surface area contributed by atoms with Crippen LogP contribution in [0.3, 0.4) is 0 Å². The minimum Gasteiger partial charge on any atom is -0.339 e. The molecular weight excluding hydrogens is 384 g/mol. The summed E-state index contributed by atoms with van der Waals surface area (Å²) in [5.41, 5.74) is 4.48. The van der Waals surface area contributed by atoms with Crippen LogP contribution in [0.1, 0.15) is 45.9 Å². The van der Waals surface area contributed by atoms with Crippen LogP contribution in [-0.2, 0) is 5.75 Å². The summed E-state index contributed by atoms with van der Waals surface area (Å²) in [6.45, 7) is 3.68. The molecule has 2 heterocycles. The van der Waals surface area contributed by atoms with Gasteiger partial charge < -0.3 is 4.90 Å². The Morgan fingerprint density at radius 1 is 1.11 bits per heavy atom. The molecule has 0 N–H and O–H groups in total. The molecule has 1 aliphatic rings. The lowest BCUT2D eigenvalue weighted by molar-refractivity contribution is 0.0713. The number of amides is 1. The molecule has 3 aromatic rings. The first-order chi connectivity index (χ1) is 13.7. The molecule has 5 heteroatoms. The Kier molecular flexibility index (Phi) is 6.13. The van der Waals surface area contributed by atoms with E-state index in [2.05, 4.69) is 52.8 Å². The molecular formula is C23H24N2OS2. The SMILES string of the molecule is Cc1csc(SCc2ccc(C(=O)N3CCC(c4ccccc4)CC3)cc2)n1. The van der Waals surface area contributed by atoms with Crippen molar-refractivity contribution in [3.05, 3.63) is 82.4 Å². The molecule has 0 saturated carbocycles. The van der Waals surface area contributed by atoms with Crippen molar-refractivity contribution in [3.63, 3.8) is 0 Å². The zero-order valence-electron chi connectivity index (χ0n) is 16.0. The van der Waals surface area contributed by atoms with Crippen LogP contribution < -0.4 is 0 Å². The molecule has 1 amide bonds. The zero-order valence-corrected chi connectivity index (χ0v) is 17.6. The third-order valence-corrected chi connectivity index (χ3v) is 7.42. The maximum absolute atomic E-state index is 12.8. The minimum absolute atomic E-state index is 0.154. The van der Waals surface area contributed by atoms with Crippen molar-refractivity contribution in [3.8, 4) is 0 Å². The number of carbonyl (C=O) groups excluding carboxylic acids is 1. The first kappa shape index (κ1) is 19.2. The summed E-state index contributed by atoms with van der Waals surface area (Å²) in [5, 5.41) is 2.07. The minimum atomic E-state index is 0.154. The summed E-state index contributed by atoms with van der Waals surface area (Å²) in [6, 6.07) is 18.7. The molecule has 2 aromatic carbocycles. The average Bonchev–Trinajstić information content (AvgIpc) is 3.18. The largest absolute Gasteiger partial charge is 0.339 e. The molecule has 4 rings (SSSR count). The van der Waals surface area contributed by atoms with Crippen LogP contribution >= 0.6 is 23.1 Å². The highest BCUT2D eigenvalue weighted by atomic mass is 32.2. The van der Waals surface area contributed by atoms with Crippen molar-refractivity contribution in [1.82, 2.24) is 9.88 Å².